The van der Waals surface area contributed by atoms with Gasteiger partial charge in [-0.05, 0) is 31.9 Å². The highest BCUT2D eigenvalue weighted by Crippen LogP contribution is 2.23. The van der Waals surface area contributed by atoms with Crippen LogP contribution in [0.3, 0.4) is 0 Å². The Morgan fingerprint density at radius 1 is 0.750 bits per heavy atom. The highest BCUT2D eigenvalue weighted by atomic mass is 16.5. The van der Waals surface area contributed by atoms with E-state index < -0.39 is 11.9 Å². The molecule has 1 aliphatic heterocycles. The van der Waals surface area contributed by atoms with E-state index in [2.05, 4.69) is 6.92 Å². The first-order valence-electron chi connectivity index (χ1n) is 14.2. The van der Waals surface area contributed by atoms with Gasteiger partial charge in [0.15, 0.2) is 0 Å². The van der Waals surface area contributed by atoms with Crippen LogP contribution >= 0.6 is 0 Å². The van der Waals surface area contributed by atoms with E-state index in [1.54, 1.807) is 31.2 Å². The minimum absolute atomic E-state index is 0.148. The number of hydrogen-bond acceptors (Lipinski definition) is 5. The molecule has 2 rings (SSSR count). The van der Waals surface area contributed by atoms with Crippen LogP contribution in [0.1, 0.15) is 131 Å². The molecule has 6 nitrogen and oxygen atoms in total. The van der Waals surface area contributed by atoms with Crippen LogP contribution in [-0.4, -0.2) is 41.6 Å². The van der Waals surface area contributed by atoms with Gasteiger partial charge in [0.25, 0.3) is 11.8 Å². The predicted molar refractivity (Wildman–Crippen MR) is 142 cm³/mol. The lowest BCUT2D eigenvalue weighted by Crippen LogP contribution is -2.32. The van der Waals surface area contributed by atoms with Crippen LogP contribution in [0.15, 0.2) is 24.3 Å². The van der Waals surface area contributed by atoms with Gasteiger partial charge in [-0.25, -0.2) is 0 Å². The van der Waals surface area contributed by atoms with E-state index in [-0.39, 0.29) is 37.2 Å². The van der Waals surface area contributed by atoms with E-state index >= 15 is 0 Å². The Bertz CT molecular complexity index is 814. The second-order valence-corrected chi connectivity index (χ2v) is 9.86. The van der Waals surface area contributed by atoms with Gasteiger partial charge in [0.1, 0.15) is 11.7 Å². The van der Waals surface area contributed by atoms with Crippen molar-refractivity contribution >= 4 is 23.6 Å². The maximum Gasteiger partial charge on any atom is 0.316 e. The molecule has 0 aromatic heterocycles. The summed E-state index contributed by atoms with van der Waals surface area (Å²) < 4.78 is 5.16. The van der Waals surface area contributed by atoms with Crippen molar-refractivity contribution in [3.63, 3.8) is 0 Å². The number of nitrogens with zero attached hydrogens (tertiary/aromatic N) is 1. The number of imide groups is 1. The third-order valence-electron chi connectivity index (χ3n) is 6.99. The Morgan fingerprint density at radius 3 is 1.75 bits per heavy atom. The number of ketones is 1. The van der Waals surface area contributed by atoms with Gasteiger partial charge in [0.05, 0.1) is 17.7 Å². The number of esters is 1. The number of hydrogen-bond donors (Lipinski definition) is 0. The molecule has 36 heavy (non-hydrogen) atoms. The number of fused-ring (bicyclic) bond motifs is 1. The highest BCUT2D eigenvalue weighted by Gasteiger charge is 2.35. The summed E-state index contributed by atoms with van der Waals surface area (Å²) in [6.07, 6.45) is 15.7. The van der Waals surface area contributed by atoms with Crippen molar-refractivity contribution in [3.05, 3.63) is 35.4 Å². The fourth-order valence-electron chi connectivity index (χ4n) is 4.87. The van der Waals surface area contributed by atoms with E-state index in [0.717, 1.165) is 19.3 Å². The minimum atomic E-state index is -0.754. The SMILES string of the molecule is CCCCCCCCCCCCCCC(C(=O)CCCN1C(=O)c2ccccc2C1=O)C(=O)OCC. The van der Waals surface area contributed by atoms with E-state index in [4.69, 9.17) is 4.74 Å². The molecule has 0 spiro atoms. The smallest absolute Gasteiger partial charge is 0.316 e. The Kier molecular flexibility index (Phi) is 14.1. The lowest BCUT2D eigenvalue weighted by Gasteiger charge is -2.16. The third-order valence-corrected chi connectivity index (χ3v) is 6.99. The molecular weight excluding hydrogens is 454 g/mol. The van der Waals surface area contributed by atoms with Gasteiger partial charge in [0, 0.05) is 13.0 Å². The van der Waals surface area contributed by atoms with E-state index in [9.17, 15) is 19.2 Å². The van der Waals surface area contributed by atoms with Gasteiger partial charge in [-0.3, -0.25) is 24.1 Å². The first-order valence-corrected chi connectivity index (χ1v) is 14.2. The van der Waals surface area contributed by atoms with Crippen LogP contribution in [0.25, 0.3) is 0 Å². The van der Waals surface area contributed by atoms with Crippen molar-refractivity contribution in [2.75, 3.05) is 13.2 Å². The number of unbranched alkanes of at least 4 members (excludes halogenated alkanes) is 11. The molecule has 1 aromatic rings. The van der Waals surface area contributed by atoms with Crippen LogP contribution in [0, 0.1) is 5.92 Å². The van der Waals surface area contributed by atoms with Crippen molar-refractivity contribution in [2.45, 2.75) is 110 Å². The number of rotatable bonds is 20. The van der Waals surface area contributed by atoms with Crippen LogP contribution in [-0.2, 0) is 14.3 Å². The zero-order valence-corrected chi connectivity index (χ0v) is 22.4. The van der Waals surface area contributed by atoms with Gasteiger partial charge in [-0.2, -0.15) is 0 Å². The summed E-state index contributed by atoms with van der Waals surface area (Å²) in [5.41, 5.74) is 0.815. The summed E-state index contributed by atoms with van der Waals surface area (Å²) in [6.45, 7) is 4.40. The molecule has 1 heterocycles. The summed E-state index contributed by atoms with van der Waals surface area (Å²) >= 11 is 0. The number of benzene rings is 1. The maximum atomic E-state index is 12.9. The molecule has 1 atom stereocenters. The van der Waals surface area contributed by atoms with E-state index in [1.807, 2.05) is 0 Å². The van der Waals surface area contributed by atoms with Crippen LogP contribution in [0.4, 0.5) is 0 Å². The first-order chi connectivity index (χ1) is 17.5. The van der Waals surface area contributed by atoms with Gasteiger partial charge < -0.3 is 4.74 Å². The van der Waals surface area contributed by atoms with Crippen LogP contribution in [0.2, 0.25) is 0 Å². The molecule has 1 aromatic carbocycles. The number of carbonyl (C=O) groups is 4. The molecule has 0 N–H and O–H groups in total. The average molecular weight is 500 g/mol. The molecule has 0 saturated heterocycles. The second kappa shape index (κ2) is 17.0. The Hall–Kier alpha value is -2.50. The Morgan fingerprint density at radius 2 is 1.25 bits per heavy atom. The van der Waals surface area contributed by atoms with Crippen molar-refractivity contribution < 1.29 is 23.9 Å². The van der Waals surface area contributed by atoms with Gasteiger partial charge in [0.2, 0.25) is 0 Å². The Labute approximate surface area is 217 Å². The number of Topliss-reactive ketones (excluding diaryl/α,β-unsaturated/α-hetero) is 1. The summed E-state index contributed by atoms with van der Waals surface area (Å²) in [5, 5.41) is 0. The van der Waals surface area contributed by atoms with E-state index in [0.29, 0.717) is 24.0 Å². The summed E-state index contributed by atoms with van der Waals surface area (Å²) in [5.74, 6) is -2.00. The lowest BCUT2D eigenvalue weighted by molar-refractivity contribution is -0.152. The van der Waals surface area contributed by atoms with Crippen molar-refractivity contribution in [3.8, 4) is 0 Å². The van der Waals surface area contributed by atoms with Gasteiger partial charge in [-0.15, -0.1) is 0 Å². The quantitative estimate of drug-likeness (QED) is 0.0843. The van der Waals surface area contributed by atoms with Crippen LogP contribution < -0.4 is 0 Å². The van der Waals surface area contributed by atoms with Crippen molar-refractivity contribution in [2.24, 2.45) is 5.92 Å². The molecule has 200 valence electrons. The maximum absolute atomic E-state index is 12.9. The van der Waals surface area contributed by atoms with Gasteiger partial charge in [-0.1, -0.05) is 96.1 Å². The summed E-state index contributed by atoms with van der Waals surface area (Å²) in [7, 11) is 0. The number of ether oxygens (including phenoxy) is 1. The molecule has 0 aliphatic carbocycles. The predicted octanol–water partition coefficient (Wildman–Crippen LogP) is 6.90. The zero-order valence-electron chi connectivity index (χ0n) is 22.4. The molecule has 1 unspecified atom stereocenters. The second-order valence-electron chi connectivity index (χ2n) is 9.86. The van der Waals surface area contributed by atoms with E-state index in [1.165, 1.54) is 62.7 Å². The lowest BCUT2D eigenvalue weighted by atomic mass is 9.93. The average Bonchev–Trinajstić information content (AvgIpc) is 3.12. The molecule has 2 amide bonds. The normalized spacial score (nSPS) is 13.7. The fraction of sp³-hybridized carbons (Fsp3) is 0.667. The van der Waals surface area contributed by atoms with Crippen molar-refractivity contribution in [1.82, 2.24) is 4.90 Å². The third kappa shape index (κ3) is 9.51. The molecule has 1 aliphatic rings. The van der Waals surface area contributed by atoms with Crippen LogP contribution in [0.5, 0.6) is 0 Å². The molecule has 0 radical (unpaired) electrons. The summed E-state index contributed by atoms with van der Waals surface area (Å²) in [4.78, 5) is 51.5. The number of amides is 2. The molecule has 0 fully saturated rings. The highest BCUT2D eigenvalue weighted by molar-refractivity contribution is 6.21. The monoisotopic (exact) mass is 499 g/mol. The largest absolute Gasteiger partial charge is 0.465 e. The van der Waals surface area contributed by atoms with Gasteiger partial charge >= 0.3 is 5.97 Å². The summed E-state index contributed by atoms with van der Waals surface area (Å²) in [6, 6.07) is 6.76. The van der Waals surface area contributed by atoms with Crippen molar-refractivity contribution in [1.29, 1.82) is 0 Å². The topological polar surface area (TPSA) is 80.8 Å². The number of carbonyl (C=O) groups excluding carboxylic acids is 4. The molecule has 0 bridgehead atoms. The minimum Gasteiger partial charge on any atom is -0.465 e. The fourth-order valence-corrected chi connectivity index (χ4v) is 4.87. The zero-order chi connectivity index (χ0) is 26.2. The molecule has 6 heteroatoms. The Balaban J connectivity index is 1.66. The molecule has 0 saturated carbocycles. The molecular formula is C30H45NO5. The first kappa shape index (κ1) is 29.7. The standard InChI is InChI=1S/C30H45NO5/c1-3-5-6-7-8-9-10-11-12-13-14-15-21-26(30(35)36-4-2)27(32)22-18-23-31-28(33)24-19-16-17-20-25(24)29(31)34/h16-17,19-20,26H,3-15,18,21-23H2,1-2H3.